The minimum Gasteiger partial charge on any atom is -0.385 e. The van der Waals surface area contributed by atoms with Crippen LogP contribution in [-0.2, 0) is 24.2 Å². The standard InChI is InChI=1S/C15H29NO5S/c1-13(5-8-19-2)6-11-22(17,18)16-7-3-4-14(12-16)15-20-9-10-21-15/h13-15H,3-12H2,1-2H3. The van der Waals surface area contributed by atoms with Crippen molar-refractivity contribution in [2.24, 2.45) is 11.8 Å². The molecular formula is C15H29NO5S. The third kappa shape index (κ3) is 5.16. The van der Waals surface area contributed by atoms with E-state index in [2.05, 4.69) is 6.92 Å². The van der Waals surface area contributed by atoms with Gasteiger partial charge in [-0.1, -0.05) is 6.92 Å². The molecule has 0 N–H and O–H groups in total. The summed E-state index contributed by atoms with van der Waals surface area (Å²) in [5, 5.41) is 0. The van der Waals surface area contributed by atoms with E-state index in [4.69, 9.17) is 14.2 Å². The molecule has 130 valence electrons. The van der Waals surface area contributed by atoms with Gasteiger partial charge in [-0.3, -0.25) is 0 Å². The van der Waals surface area contributed by atoms with Gasteiger partial charge in [-0.15, -0.1) is 0 Å². The average molecular weight is 335 g/mol. The minimum atomic E-state index is -3.18. The maximum atomic E-state index is 12.5. The van der Waals surface area contributed by atoms with Gasteiger partial charge in [0.1, 0.15) is 0 Å². The van der Waals surface area contributed by atoms with Crippen LogP contribution >= 0.6 is 0 Å². The summed E-state index contributed by atoms with van der Waals surface area (Å²) in [6, 6.07) is 0. The molecule has 0 aromatic carbocycles. The van der Waals surface area contributed by atoms with Crippen molar-refractivity contribution in [2.45, 2.75) is 38.9 Å². The SMILES string of the molecule is COCCC(C)CCS(=O)(=O)N1CCCC(C2OCCO2)C1. The molecule has 7 heteroatoms. The highest BCUT2D eigenvalue weighted by atomic mass is 32.2. The number of hydrogen-bond donors (Lipinski definition) is 0. The molecule has 0 spiro atoms. The van der Waals surface area contributed by atoms with Crippen LogP contribution in [0, 0.1) is 11.8 Å². The summed E-state index contributed by atoms with van der Waals surface area (Å²) in [4.78, 5) is 0. The van der Waals surface area contributed by atoms with Crippen LogP contribution in [0.2, 0.25) is 0 Å². The van der Waals surface area contributed by atoms with Gasteiger partial charge in [0.2, 0.25) is 10.0 Å². The Morgan fingerprint density at radius 1 is 1.27 bits per heavy atom. The van der Waals surface area contributed by atoms with Crippen LogP contribution in [0.15, 0.2) is 0 Å². The van der Waals surface area contributed by atoms with E-state index in [9.17, 15) is 8.42 Å². The van der Waals surface area contributed by atoms with Crippen LogP contribution in [0.5, 0.6) is 0 Å². The summed E-state index contributed by atoms with van der Waals surface area (Å²) in [5.41, 5.74) is 0. The third-order valence-electron chi connectivity index (χ3n) is 4.53. The summed E-state index contributed by atoms with van der Waals surface area (Å²) in [6.45, 7) is 5.14. The lowest BCUT2D eigenvalue weighted by Crippen LogP contribution is -2.44. The highest BCUT2D eigenvalue weighted by Gasteiger charge is 2.35. The predicted molar refractivity (Wildman–Crippen MR) is 84.0 cm³/mol. The Morgan fingerprint density at radius 2 is 2.00 bits per heavy atom. The van der Waals surface area contributed by atoms with E-state index in [1.54, 1.807) is 11.4 Å². The predicted octanol–water partition coefficient (Wildman–Crippen LogP) is 1.46. The molecule has 2 rings (SSSR count). The highest BCUT2D eigenvalue weighted by Crippen LogP contribution is 2.27. The molecule has 2 unspecified atom stereocenters. The molecule has 2 saturated heterocycles. The van der Waals surface area contributed by atoms with Crippen LogP contribution in [0.3, 0.4) is 0 Å². The van der Waals surface area contributed by atoms with Crippen molar-refractivity contribution in [3.63, 3.8) is 0 Å². The normalized spacial score (nSPS) is 26.4. The van der Waals surface area contributed by atoms with Crippen LogP contribution < -0.4 is 0 Å². The van der Waals surface area contributed by atoms with Gasteiger partial charge in [-0.25, -0.2) is 12.7 Å². The molecule has 2 aliphatic rings. The van der Waals surface area contributed by atoms with Gasteiger partial charge in [-0.2, -0.15) is 0 Å². The van der Waals surface area contributed by atoms with E-state index in [-0.39, 0.29) is 18.0 Å². The fraction of sp³-hybridized carbons (Fsp3) is 1.00. The summed E-state index contributed by atoms with van der Waals surface area (Å²) < 4.78 is 42.8. The Bertz CT molecular complexity index is 422. The van der Waals surface area contributed by atoms with Gasteiger partial charge in [0.15, 0.2) is 6.29 Å². The van der Waals surface area contributed by atoms with E-state index in [0.29, 0.717) is 45.2 Å². The molecule has 0 saturated carbocycles. The smallest absolute Gasteiger partial charge is 0.214 e. The second-order valence-corrected chi connectivity index (χ2v) is 8.45. The van der Waals surface area contributed by atoms with Crippen molar-refractivity contribution in [1.29, 1.82) is 0 Å². The molecule has 0 amide bonds. The number of nitrogens with zero attached hydrogens (tertiary/aromatic N) is 1. The summed E-state index contributed by atoms with van der Waals surface area (Å²) >= 11 is 0. The monoisotopic (exact) mass is 335 g/mol. The van der Waals surface area contributed by atoms with Crippen LogP contribution in [0.25, 0.3) is 0 Å². The van der Waals surface area contributed by atoms with Crippen molar-refractivity contribution in [1.82, 2.24) is 4.31 Å². The summed E-state index contributed by atoms with van der Waals surface area (Å²) in [7, 11) is -1.51. The fourth-order valence-corrected chi connectivity index (χ4v) is 4.82. The van der Waals surface area contributed by atoms with Crippen LogP contribution in [0.1, 0.15) is 32.6 Å². The van der Waals surface area contributed by atoms with Crippen molar-refractivity contribution < 1.29 is 22.6 Å². The molecule has 0 aliphatic carbocycles. The first-order chi connectivity index (χ1) is 10.5. The van der Waals surface area contributed by atoms with E-state index in [0.717, 1.165) is 19.3 Å². The summed E-state index contributed by atoms with van der Waals surface area (Å²) in [5.74, 6) is 0.741. The summed E-state index contributed by atoms with van der Waals surface area (Å²) in [6.07, 6.45) is 3.22. The molecule has 0 radical (unpaired) electrons. The molecule has 0 aromatic heterocycles. The van der Waals surface area contributed by atoms with Gasteiger partial charge in [0, 0.05) is 32.7 Å². The van der Waals surface area contributed by atoms with E-state index in [1.165, 1.54) is 0 Å². The van der Waals surface area contributed by atoms with E-state index < -0.39 is 10.0 Å². The van der Waals surface area contributed by atoms with E-state index in [1.807, 2.05) is 0 Å². The number of ether oxygens (including phenoxy) is 3. The van der Waals surface area contributed by atoms with Gasteiger partial charge in [0.25, 0.3) is 0 Å². The van der Waals surface area contributed by atoms with Gasteiger partial charge < -0.3 is 14.2 Å². The number of methoxy groups -OCH3 is 1. The lowest BCUT2D eigenvalue weighted by atomic mass is 9.99. The Hall–Kier alpha value is -0.210. The van der Waals surface area contributed by atoms with Gasteiger partial charge >= 0.3 is 0 Å². The van der Waals surface area contributed by atoms with Crippen molar-refractivity contribution >= 4 is 10.0 Å². The fourth-order valence-electron chi connectivity index (χ4n) is 3.04. The molecule has 0 bridgehead atoms. The van der Waals surface area contributed by atoms with Gasteiger partial charge in [0.05, 0.1) is 19.0 Å². The second kappa shape index (κ2) is 8.59. The first-order valence-corrected chi connectivity index (χ1v) is 9.84. The first kappa shape index (κ1) is 18.1. The number of sulfonamides is 1. The maximum Gasteiger partial charge on any atom is 0.214 e. The Balaban J connectivity index is 1.82. The molecule has 2 heterocycles. The molecular weight excluding hydrogens is 306 g/mol. The molecule has 6 nitrogen and oxygen atoms in total. The van der Waals surface area contributed by atoms with Crippen molar-refractivity contribution in [2.75, 3.05) is 45.8 Å². The number of piperidine rings is 1. The molecule has 2 aliphatic heterocycles. The molecule has 22 heavy (non-hydrogen) atoms. The molecule has 0 aromatic rings. The molecule has 2 atom stereocenters. The average Bonchev–Trinajstić information content (AvgIpc) is 3.05. The minimum absolute atomic E-state index is 0.164. The number of rotatable bonds is 8. The third-order valence-corrected chi connectivity index (χ3v) is 6.40. The highest BCUT2D eigenvalue weighted by molar-refractivity contribution is 7.89. The zero-order valence-electron chi connectivity index (χ0n) is 13.7. The first-order valence-electron chi connectivity index (χ1n) is 8.23. The number of hydrogen-bond acceptors (Lipinski definition) is 5. The quantitative estimate of drug-likeness (QED) is 0.672. The second-order valence-electron chi connectivity index (χ2n) is 6.36. The zero-order valence-corrected chi connectivity index (χ0v) is 14.5. The van der Waals surface area contributed by atoms with E-state index >= 15 is 0 Å². The maximum absolute atomic E-state index is 12.5. The Labute approximate surface area is 134 Å². The topological polar surface area (TPSA) is 65.1 Å². The Morgan fingerprint density at radius 3 is 2.68 bits per heavy atom. The molecule has 2 fully saturated rings. The van der Waals surface area contributed by atoms with Crippen LogP contribution in [0.4, 0.5) is 0 Å². The van der Waals surface area contributed by atoms with Crippen molar-refractivity contribution in [3.05, 3.63) is 0 Å². The largest absolute Gasteiger partial charge is 0.385 e. The lowest BCUT2D eigenvalue weighted by Gasteiger charge is -2.34. The zero-order chi connectivity index (χ0) is 16.0. The van der Waals surface area contributed by atoms with Crippen LogP contribution in [-0.4, -0.2) is 64.8 Å². The van der Waals surface area contributed by atoms with Crippen molar-refractivity contribution in [3.8, 4) is 0 Å². The lowest BCUT2D eigenvalue weighted by molar-refractivity contribution is -0.0940. The Kier molecular flexibility index (Phi) is 7.08. The van der Waals surface area contributed by atoms with Gasteiger partial charge in [-0.05, 0) is 31.6 Å².